The van der Waals surface area contributed by atoms with Crippen LogP contribution in [0.1, 0.15) is 16.1 Å². The van der Waals surface area contributed by atoms with Crippen LogP contribution in [0.25, 0.3) is 10.2 Å². The summed E-state index contributed by atoms with van der Waals surface area (Å²) in [7, 11) is 1.63. The molecular weight excluding hydrogens is 446 g/mol. The van der Waals surface area contributed by atoms with Gasteiger partial charge in [-0.15, -0.1) is 0 Å². The predicted octanol–water partition coefficient (Wildman–Crippen LogP) is 6.34. The van der Waals surface area contributed by atoms with E-state index in [1.165, 1.54) is 11.3 Å². The van der Waals surface area contributed by atoms with E-state index in [1.807, 2.05) is 66.7 Å². The van der Waals surface area contributed by atoms with Gasteiger partial charge in [0, 0.05) is 11.8 Å². The van der Waals surface area contributed by atoms with Crippen LogP contribution in [-0.4, -0.2) is 23.0 Å². The highest BCUT2D eigenvalue weighted by atomic mass is 32.1. The van der Waals surface area contributed by atoms with Crippen LogP contribution in [0.5, 0.6) is 17.2 Å². The standard InChI is InChI=1S/C27H21N3O3S/c1-32-23-14-15-24-25(17-23)34-27(29-24)30(18-20-7-5-6-16-28-20)26(31)19-10-12-22(13-11-19)33-21-8-3-2-4-9-21/h2-17H,18H2,1H3. The van der Waals surface area contributed by atoms with Gasteiger partial charge in [-0.3, -0.25) is 14.7 Å². The van der Waals surface area contributed by atoms with Gasteiger partial charge in [-0.1, -0.05) is 35.6 Å². The summed E-state index contributed by atoms with van der Waals surface area (Å²) in [5.74, 6) is 1.98. The van der Waals surface area contributed by atoms with Crippen molar-refractivity contribution < 1.29 is 14.3 Å². The Kier molecular flexibility index (Phi) is 6.18. The van der Waals surface area contributed by atoms with Gasteiger partial charge in [0.25, 0.3) is 5.91 Å². The number of ether oxygens (including phenoxy) is 2. The number of benzene rings is 3. The topological polar surface area (TPSA) is 64.5 Å². The van der Waals surface area contributed by atoms with Crippen LogP contribution < -0.4 is 14.4 Å². The van der Waals surface area contributed by atoms with Gasteiger partial charge >= 0.3 is 0 Å². The first-order valence-corrected chi connectivity index (χ1v) is 11.5. The fourth-order valence-electron chi connectivity index (χ4n) is 3.46. The Morgan fingerprint density at radius 3 is 2.35 bits per heavy atom. The van der Waals surface area contributed by atoms with Gasteiger partial charge in [0.2, 0.25) is 0 Å². The quantitative estimate of drug-likeness (QED) is 0.279. The first kappa shape index (κ1) is 21.6. The van der Waals surface area contributed by atoms with E-state index in [-0.39, 0.29) is 5.91 Å². The molecule has 0 saturated carbocycles. The monoisotopic (exact) mass is 467 g/mol. The number of nitrogens with zero attached hydrogens (tertiary/aromatic N) is 3. The number of hydrogen-bond acceptors (Lipinski definition) is 6. The van der Waals surface area contributed by atoms with E-state index in [4.69, 9.17) is 14.5 Å². The van der Waals surface area contributed by atoms with Crippen molar-refractivity contribution in [1.29, 1.82) is 0 Å². The molecule has 0 bridgehead atoms. The summed E-state index contributed by atoms with van der Waals surface area (Å²) in [6.45, 7) is 0.304. The van der Waals surface area contributed by atoms with E-state index in [1.54, 1.807) is 42.5 Å². The van der Waals surface area contributed by atoms with E-state index in [0.717, 1.165) is 27.4 Å². The molecule has 5 rings (SSSR count). The molecule has 0 spiro atoms. The lowest BCUT2D eigenvalue weighted by atomic mass is 10.2. The Morgan fingerprint density at radius 2 is 1.62 bits per heavy atom. The summed E-state index contributed by atoms with van der Waals surface area (Å²) in [4.78, 5) is 24.4. The Bertz CT molecular complexity index is 1400. The second-order valence-electron chi connectivity index (χ2n) is 7.48. The smallest absolute Gasteiger partial charge is 0.260 e. The average molecular weight is 468 g/mol. The van der Waals surface area contributed by atoms with Gasteiger partial charge in [0.05, 0.1) is 29.6 Å². The summed E-state index contributed by atoms with van der Waals surface area (Å²) in [6.07, 6.45) is 1.72. The zero-order valence-electron chi connectivity index (χ0n) is 18.4. The summed E-state index contributed by atoms with van der Waals surface area (Å²) in [5.41, 5.74) is 2.12. The van der Waals surface area contributed by atoms with Crippen LogP contribution in [0, 0.1) is 0 Å². The number of aromatic nitrogens is 2. The van der Waals surface area contributed by atoms with E-state index >= 15 is 0 Å². The van der Waals surface area contributed by atoms with Crippen molar-refractivity contribution in [3.05, 3.63) is 108 Å². The number of carbonyl (C=O) groups is 1. The molecule has 7 heteroatoms. The van der Waals surface area contributed by atoms with Crippen molar-refractivity contribution >= 4 is 32.6 Å². The van der Waals surface area contributed by atoms with Crippen molar-refractivity contribution in [3.8, 4) is 17.2 Å². The molecule has 34 heavy (non-hydrogen) atoms. The lowest BCUT2D eigenvalue weighted by Gasteiger charge is -2.19. The third-order valence-electron chi connectivity index (χ3n) is 5.19. The molecule has 6 nitrogen and oxygen atoms in total. The van der Waals surface area contributed by atoms with Gasteiger partial charge in [0.1, 0.15) is 17.2 Å². The third-order valence-corrected chi connectivity index (χ3v) is 6.23. The minimum atomic E-state index is -0.164. The van der Waals surface area contributed by atoms with Gasteiger partial charge in [-0.05, 0) is 66.7 Å². The Balaban J connectivity index is 1.45. The molecule has 3 aromatic carbocycles. The lowest BCUT2D eigenvalue weighted by molar-refractivity contribution is 0.0985. The number of rotatable bonds is 7. The SMILES string of the molecule is COc1ccc2nc(N(Cc3ccccn3)C(=O)c3ccc(Oc4ccccc4)cc3)sc2c1. The molecule has 0 radical (unpaired) electrons. The van der Waals surface area contributed by atoms with Crippen molar-refractivity contribution in [2.45, 2.75) is 6.54 Å². The highest BCUT2D eigenvalue weighted by Crippen LogP contribution is 2.33. The molecule has 0 unspecified atom stereocenters. The molecule has 0 aliphatic heterocycles. The molecule has 1 amide bonds. The lowest BCUT2D eigenvalue weighted by Crippen LogP contribution is -2.30. The molecule has 0 saturated heterocycles. The summed E-state index contributed by atoms with van der Waals surface area (Å²) in [6, 6.07) is 28.0. The van der Waals surface area contributed by atoms with Crippen LogP contribution in [0.3, 0.4) is 0 Å². The molecule has 0 atom stereocenters. The third kappa shape index (κ3) is 4.74. The number of fused-ring (bicyclic) bond motifs is 1. The van der Waals surface area contributed by atoms with E-state index in [9.17, 15) is 4.79 Å². The van der Waals surface area contributed by atoms with E-state index in [0.29, 0.717) is 23.0 Å². The summed E-state index contributed by atoms with van der Waals surface area (Å²) >= 11 is 1.44. The van der Waals surface area contributed by atoms with E-state index in [2.05, 4.69) is 4.98 Å². The molecule has 0 fully saturated rings. The molecule has 0 N–H and O–H groups in total. The van der Waals surface area contributed by atoms with Gasteiger partial charge in [0.15, 0.2) is 5.13 Å². The largest absolute Gasteiger partial charge is 0.497 e. The molecule has 0 aliphatic carbocycles. The minimum absolute atomic E-state index is 0.164. The van der Waals surface area contributed by atoms with Gasteiger partial charge < -0.3 is 9.47 Å². The molecule has 2 heterocycles. The van der Waals surface area contributed by atoms with Crippen LogP contribution in [0.15, 0.2) is 97.2 Å². The Labute approximate surface area is 201 Å². The second-order valence-corrected chi connectivity index (χ2v) is 8.49. The minimum Gasteiger partial charge on any atom is -0.497 e. The predicted molar refractivity (Wildman–Crippen MR) is 134 cm³/mol. The van der Waals surface area contributed by atoms with Crippen molar-refractivity contribution in [2.75, 3.05) is 12.0 Å². The van der Waals surface area contributed by atoms with Crippen LogP contribution in [0.2, 0.25) is 0 Å². The molecule has 2 aromatic heterocycles. The first-order chi connectivity index (χ1) is 16.7. The highest BCUT2D eigenvalue weighted by molar-refractivity contribution is 7.22. The molecular formula is C27H21N3O3S. The maximum atomic E-state index is 13.6. The number of pyridine rings is 1. The number of methoxy groups -OCH3 is 1. The van der Waals surface area contributed by atoms with Gasteiger partial charge in [-0.25, -0.2) is 4.98 Å². The van der Waals surface area contributed by atoms with E-state index < -0.39 is 0 Å². The molecule has 5 aromatic rings. The Hall–Kier alpha value is -4.23. The summed E-state index contributed by atoms with van der Waals surface area (Å²) in [5, 5.41) is 0.600. The van der Waals surface area contributed by atoms with Crippen LogP contribution in [-0.2, 0) is 6.54 Å². The highest BCUT2D eigenvalue weighted by Gasteiger charge is 2.22. The van der Waals surface area contributed by atoms with Crippen molar-refractivity contribution in [3.63, 3.8) is 0 Å². The van der Waals surface area contributed by atoms with Gasteiger partial charge in [-0.2, -0.15) is 0 Å². The number of carbonyl (C=O) groups excluding carboxylic acids is 1. The van der Waals surface area contributed by atoms with Crippen molar-refractivity contribution in [2.24, 2.45) is 0 Å². The number of para-hydroxylation sites is 1. The second kappa shape index (κ2) is 9.72. The number of thiazole rings is 1. The fraction of sp³-hybridized carbons (Fsp3) is 0.0741. The molecule has 0 aliphatic rings. The van der Waals surface area contributed by atoms with Crippen LogP contribution >= 0.6 is 11.3 Å². The first-order valence-electron chi connectivity index (χ1n) is 10.7. The van der Waals surface area contributed by atoms with Crippen LogP contribution in [0.4, 0.5) is 5.13 Å². The summed E-state index contributed by atoms with van der Waals surface area (Å²) < 4.78 is 12.1. The fourth-order valence-corrected chi connectivity index (χ4v) is 4.45. The van der Waals surface area contributed by atoms with Crippen molar-refractivity contribution in [1.82, 2.24) is 9.97 Å². The number of hydrogen-bond donors (Lipinski definition) is 0. The number of amides is 1. The number of anilines is 1. The molecule has 168 valence electrons. The maximum Gasteiger partial charge on any atom is 0.260 e. The zero-order chi connectivity index (χ0) is 23.3. The maximum absolute atomic E-state index is 13.6. The normalized spacial score (nSPS) is 10.7. The average Bonchev–Trinajstić information content (AvgIpc) is 3.31. The Morgan fingerprint density at radius 1 is 0.882 bits per heavy atom. The zero-order valence-corrected chi connectivity index (χ0v) is 19.2.